The zero-order valence-electron chi connectivity index (χ0n) is 10.7. The molecule has 1 heterocycles. The molecule has 5 nitrogen and oxygen atoms in total. The lowest BCUT2D eigenvalue weighted by molar-refractivity contribution is -0.130. The summed E-state index contributed by atoms with van der Waals surface area (Å²) in [5.74, 6) is 0.414. The lowest BCUT2D eigenvalue weighted by Gasteiger charge is -2.31. The number of aryl methyl sites for hydroxylation is 1. The molecule has 18 heavy (non-hydrogen) atoms. The Bertz CT molecular complexity index is 499. The highest BCUT2D eigenvalue weighted by Gasteiger charge is 2.31. The van der Waals surface area contributed by atoms with Crippen molar-refractivity contribution in [3.63, 3.8) is 0 Å². The molecule has 2 amide bonds. The van der Waals surface area contributed by atoms with Crippen molar-refractivity contribution in [2.24, 2.45) is 0 Å². The van der Waals surface area contributed by atoms with Crippen molar-refractivity contribution in [3.05, 3.63) is 23.8 Å². The van der Waals surface area contributed by atoms with Crippen molar-refractivity contribution in [3.8, 4) is 5.75 Å². The SMILES string of the molecule is COc1ccc(C)c(N2CC(=O)NC(C)C2=O)c1. The van der Waals surface area contributed by atoms with Gasteiger partial charge in [-0.05, 0) is 25.5 Å². The van der Waals surface area contributed by atoms with Crippen LogP contribution in [0.4, 0.5) is 5.69 Å². The van der Waals surface area contributed by atoms with Crippen molar-refractivity contribution in [1.82, 2.24) is 5.32 Å². The van der Waals surface area contributed by atoms with Crippen LogP contribution >= 0.6 is 0 Å². The highest BCUT2D eigenvalue weighted by atomic mass is 16.5. The number of carbonyl (C=O) groups excluding carboxylic acids is 2. The van der Waals surface area contributed by atoms with E-state index in [1.165, 1.54) is 4.90 Å². The van der Waals surface area contributed by atoms with Crippen molar-refractivity contribution >= 4 is 17.5 Å². The number of nitrogens with one attached hydrogen (secondary N) is 1. The van der Waals surface area contributed by atoms with Gasteiger partial charge in [-0.25, -0.2) is 0 Å². The Morgan fingerprint density at radius 1 is 1.39 bits per heavy atom. The molecule has 0 bridgehead atoms. The van der Waals surface area contributed by atoms with Crippen LogP contribution in [0.2, 0.25) is 0 Å². The van der Waals surface area contributed by atoms with E-state index in [0.29, 0.717) is 5.75 Å². The fourth-order valence-electron chi connectivity index (χ4n) is 2.02. The van der Waals surface area contributed by atoms with Gasteiger partial charge in [-0.1, -0.05) is 6.07 Å². The Labute approximate surface area is 106 Å². The van der Waals surface area contributed by atoms with E-state index in [1.54, 1.807) is 20.1 Å². The van der Waals surface area contributed by atoms with Gasteiger partial charge in [0, 0.05) is 6.07 Å². The third-order valence-electron chi connectivity index (χ3n) is 3.02. The number of hydrogen-bond acceptors (Lipinski definition) is 3. The summed E-state index contributed by atoms with van der Waals surface area (Å²) >= 11 is 0. The Morgan fingerprint density at radius 2 is 2.11 bits per heavy atom. The second-order valence-corrected chi connectivity index (χ2v) is 4.37. The Balaban J connectivity index is 2.40. The molecule has 0 aliphatic carbocycles. The van der Waals surface area contributed by atoms with Crippen LogP contribution in [0, 0.1) is 6.92 Å². The molecule has 1 fully saturated rings. The monoisotopic (exact) mass is 248 g/mol. The van der Waals surface area contributed by atoms with Crippen LogP contribution in [-0.2, 0) is 9.59 Å². The van der Waals surface area contributed by atoms with Crippen LogP contribution in [0.25, 0.3) is 0 Å². The third-order valence-corrected chi connectivity index (χ3v) is 3.02. The van der Waals surface area contributed by atoms with Crippen LogP contribution in [0.1, 0.15) is 12.5 Å². The van der Waals surface area contributed by atoms with E-state index in [0.717, 1.165) is 11.3 Å². The number of amides is 2. The largest absolute Gasteiger partial charge is 0.497 e. The first kappa shape index (κ1) is 12.4. The topological polar surface area (TPSA) is 58.6 Å². The molecule has 96 valence electrons. The number of hydrogen-bond donors (Lipinski definition) is 1. The highest BCUT2D eigenvalue weighted by Crippen LogP contribution is 2.26. The summed E-state index contributed by atoms with van der Waals surface area (Å²) in [7, 11) is 1.57. The standard InChI is InChI=1S/C13H16N2O3/c1-8-4-5-10(18-3)6-11(8)15-7-12(16)14-9(2)13(15)17/h4-6,9H,7H2,1-3H3,(H,14,16). The molecule has 1 aliphatic rings. The Hall–Kier alpha value is -2.04. The third kappa shape index (κ3) is 2.16. The first-order chi connectivity index (χ1) is 8.52. The molecule has 1 aromatic rings. The fourth-order valence-corrected chi connectivity index (χ4v) is 2.02. The van der Waals surface area contributed by atoms with E-state index < -0.39 is 6.04 Å². The molecular weight excluding hydrogens is 232 g/mol. The lowest BCUT2D eigenvalue weighted by Crippen LogP contribution is -2.57. The van der Waals surface area contributed by atoms with E-state index in [4.69, 9.17) is 4.74 Å². The quantitative estimate of drug-likeness (QED) is 0.844. The predicted octanol–water partition coefficient (Wildman–Crippen LogP) is 0.855. The molecule has 0 saturated carbocycles. The smallest absolute Gasteiger partial charge is 0.249 e. The molecule has 0 spiro atoms. The van der Waals surface area contributed by atoms with Crippen molar-refractivity contribution < 1.29 is 14.3 Å². The molecule has 2 rings (SSSR count). The van der Waals surface area contributed by atoms with Crippen molar-refractivity contribution in [2.75, 3.05) is 18.6 Å². The first-order valence-electron chi connectivity index (χ1n) is 5.78. The van der Waals surface area contributed by atoms with Crippen LogP contribution < -0.4 is 15.0 Å². The van der Waals surface area contributed by atoms with E-state index in [2.05, 4.69) is 5.32 Å². The maximum Gasteiger partial charge on any atom is 0.249 e. The molecule has 0 aromatic heterocycles. The maximum atomic E-state index is 12.1. The molecular formula is C13H16N2O3. The van der Waals surface area contributed by atoms with Gasteiger partial charge in [-0.3, -0.25) is 9.59 Å². The van der Waals surface area contributed by atoms with Crippen LogP contribution in [0.5, 0.6) is 5.75 Å². The minimum Gasteiger partial charge on any atom is -0.497 e. The minimum atomic E-state index is -0.489. The molecule has 1 atom stereocenters. The zero-order chi connectivity index (χ0) is 13.3. The summed E-state index contributed by atoms with van der Waals surface area (Å²) in [6.45, 7) is 3.64. The summed E-state index contributed by atoms with van der Waals surface area (Å²) in [6, 6.07) is 4.99. The van der Waals surface area contributed by atoms with Gasteiger partial charge in [0.15, 0.2) is 0 Å². The van der Waals surface area contributed by atoms with Gasteiger partial charge in [-0.15, -0.1) is 0 Å². The number of anilines is 1. The van der Waals surface area contributed by atoms with Crippen LogP contribution in [0.3, 0.4) is 0 Å². The van der Waals surface area contributed by atoms with Crippen LogP contribution in [0.15, 0.2) is 18.2 Å². The van der Waals surface area contributed by atoms with Gasteiger partial charge in [0.1, 0.15) is 18.3 Å². The normalized spacial score (nSPS) is 19.7. The highest BCUT2D eigenvalue weighted by molar-refractivity contribution is 6.06. The second-order valence-electron chi connectivity index (χ2n) is 4.37. The number of benzene rings is 1. The Morgan fingerprint density at radius 3 is 2.78 bits per heavy atom. The summed E-state index contributed by atoms with van der Waals surface area (Å²) in [5, 5.41) is 2.62. The summed E-state index contributed by atoms with van der Waals surface area (Å²) in [4.78, 5) is 25.1. The average Bonchev–Trinajstić information content (AvgIpc) is 2.34. The van der Waals surface area contributed by atoms with Gasteiger partial charge in [0.05, 0.1) is 12.8 Å². The molecule has 1 N–H and O–H groups in total. The second kappa shape index (κ2) is 4.68. The molecule has 0 radical (unpaired) electrons. The maximum absolute atomic E-state index is 12.1. The molecule has 1 unspecified atom stereocenters. The van der Waals surface area contributed by atoms with Gasteiger partial charge in [-0.2, -0.15) is 0 Å². The van der Waals surface area contributed by atoms with Gasteiger partial charge in [0.2, 0.25) is 11.8 Å². The van der Waals surface area contributed by atoms with E-state index in [-0.39, 0.29) is 18.4 Å². The fraction of sp³-hybridized carbons (Fsp3) is 0.385. The first-order valence-corrected chi connectivity index (χ1v) is 5.78. The molecule has 1 saturated heterocycles. The number of rotatable bonds is 2. The molecule has 1 aromatic carbocycles. The van der Waals surface area contributed by atoms with E-state index in [1.807, 2.05) is 19.1 Å². The zero-order valence-corrected chi connectivity index (χ0v) is 10.7. The number of methoxy groups -OCH3 is 1. The van der Waals surface area contributed by atoms with Gasteiger partial charge < -0.3 is 15.0 Å². The average molecular weight is 248 g/mol. The number of ether oxygens (including phenoxy) is 1. The van der Waals surface area contributed by atoms with E-state index in [9.17, 15) is 9.59 Å². The van der Waals surface area contributed by atoms with Gasteiger partial charge in [0.25, 0.3) is 0 Å². The molecule has 1 aliphatic heterocycles. The minimum absolute atomic E-state index is 0.0528. The number of carbonyl (C=O) groups is 2. The lowest BCUT2D eigenvalue weighted by atomic mass is 10.1. The predicted molar refractivity (Wildman–Crippen MR) is 67.7 cm³/mol. The summed E-state index contributed by atoms with van der Waals surface area (Å²) in [5.41, 5.74) is 1.66. The van der Waals surface area contributed by atoms with Crippen molar-refractivity contribution in [2.45, 2.75) is 19.9 Å². The summed E-state index contributed by atoms with van der Waals surface area (Å²) in [6.07, 6.45) is 0. The van der Waals surface area contributed by atoms with Gasteiger partial charge >= 0.3 is 0 Å². The molecule has 5 heteroatoms. The van der Waals surface area contributed by atoms with Crippen molar-refractivity contribution in [1.29, 1.82) is 0 Å². The summed E-state index contributed by atoms with van der Waals surface area (Å²) < 4.78 is 5.15. The number of nitrogens with zero attached hydrogens (tertiary/aromatic N) is 1. The number of piperazine rings is 1. The van der Waals surface area contributed by atoms with Crippen LogP contribution in [-0.4, -0.2) is 31.5 Å². The Kier molecular flexibility index (Phi) is 3.23. The van der Waals surface area contributed by atoms with E-state index >= 15 is 0 Å².